The Morgan fingerprint density at radius 1 is 1.10 bits per heavy atom. The van der Waals surface area contributed by atoms with E-state index >= 15 is 0 Å². The molecular formula is C24H31BrN2O2S. The quantitative estimate of drug-likeness (QED) is 0.451. The summed E-state index contributed by atoms with van der Waals surface area (Å²) < 4.78 is 0.958. The first kappa shape index (κ1) is 24.5. The first-order chi connectivity index (χ1) is 14.3. The lowest BCUT2D eigenvalue weighted by atomic mass is 10.1. The largest absolute Gasteiger partial charge is 0.354 e. The summed E-state index contributed by atoms with van der Waals surface area (Å²) in [5, 5.41) is 2.95. The third-order valence-corrected chi connectivity index (χ3v) is 6.21. The zero-order valence-electron chi connectivity index (χ0n) is 18.2. The molecule has 0 bridgehead atoms. The molecule has 0 saturated heterocycles. The van der Waals surface area contributed by atoms with Crippen LogP contribution in [0.3, 0.4) is 0 Å². The van der Waals surface area contributed by atoms with Gasteiger partial charge in [-0.2, -0.15) is 0 Å². The van der Waals surface area contributed by atoms with Gasteiger partial charge in [-0.3, -0.25) is 9.59 Å². The van der Waals surface area contributed by atoms with Crippen molar-refractivity contribution in [3.8, 4) is 0 Å². The number of halogens is 1. The van der Waals surface area contributed by atoms with Crippen molar-refractivity contribution in [1.29, 1.82) is 0 Å². The van der Waals surface area contributed by atoms with Gasteiger partial charge in [0.05, 0.1) is 0 Å². The molecule has 0 aliphatic heterocycles. The van der Waals surface area contributed by atoms with Gasteiger partial charge in [-0.15, -0.1) is 11.8 Å². The van der Waals surface area contributed by atoms with Crippen LogP contribution in [0, 0.1) is 12.8 Å². The summed E-state index contributed by atoms with van der Waals surface area (Å²) in [4.78, 5) is 28.6. The number of amides is 2. The molecule has 0 radical (unpaired) electrons. The summed E-state index contributed by atoms with van der Waals surface area (Å²) in [6, 6.07) is 15.6. The minimum atomic E-state index is -0.528. The van der Waals surface area contributed by atoms with Crippen molar-refractivity contribution in [2.24, 2.45) is 5.92 Å². The predicted molar refractivity (Wildman–Crippen MR) is 129 cm³/mol. The van der Waals surface area contributed by atoms with Crippen molar-refractivity contribution in [1.82, 2.24) is 10.2 Å². The number of nitrogens with zero attached hydrogens (tertiary/aromatic N) is 1. The second-order valence-corrected chi connectivity index (χ2v) is 9.96. The van der Waals surface area contributed by atoms with E-state index in [4.69, 9.17) is 0 Å². The Balaban J connectivity index is 2.05. The van der Waals surface area contributed by atoms with Gasteiger partial charge >= 0.3 is 0 Å². The fourth-order valence-electron chi connectivity index (χ4n) is 2.90. The van der Waals surface area contributed by atoms with Crippen LogP contribution in [0.1, 0.15) is 38.3 Å². The Kier molecular flexibility index (Phi) is 9.92. The number of nitrogens with one attached hydrogen (secondary N) is 1. The van der Waals surface area contributed by atoms with Crippen molar-refractivity contribution in [3.63, 3.8) is 0 Å². The molecule has 6 heteroatoms. The van der Waals surface area contributed by atoms with Crippen molar-refractivity contribution in [3.05, 3.63) is 64.1 Å². The fraction of sp³-hybridized carbons (Fsp3) is 0.417. The van der Waals surface area contributed by atoms with E-state index in [0.29, 0.717) is 31.2 Å². The zero-order valence-corrected chi connectivity index (χ0v) is 20.6. The lowest BCUT2D eigenvalue weighted by Gasteiger charge is -2.29. The highest BCUT2D eigenvalue weighted by molar-refractivity contribution is 9.10. The molecule has 30 heavy (non-hydrogen) atoms. The molecule has 0 fully saturated rings. The first-order valence-corrected chi connectivity index (χ1v) is 12.0. The van der Waals surface area contributed by atoms with E-state index in [0.717, 1.165) is 14.9 Å². The average Bonchev–Trinajstić information content (AvgIpc) is 2.71. The highest BCUT2D eigenvalue weighted by Crippen LogP contribution is 2.21. The molecule has 0 aromatic heterocycles. The van der Waals surface area contributed by atoms with E-state index < -0.39 is 6.04 Å². The van der Waals surface area contributed by atoms with Crippen LogP contribution in [-0.4, -0.2) is 35.1 Å². The lowest BCUT2D eigenvalue weighted by Crippen LogP contribution is -2.48. The number of carbonyl (C=O) groups is 2. The number of hydrogen-bond acceptors (Lipinski definition) is 3. The molecule has 2 rings (SSSR count). The van der Waals surface area contributed by atoms with Gasteiger partial charge < -0.3 is 10.2 Å². The summed E-state index contributed by atoms with van der Waals surface area (Å²) in [5.41, 5.74) is 2.21. The maximum atomic E-state index is 13.1. The number of hydrogen-bond donors (Lipinski definition) is 1. The van der Waals surface area contributed by atoms with Crippen LogP contribution in [0.25, 0.3) is 0 Å². The van der Waals surface area contributed by atoms with E-state index in [1.807, 2.05) is 24.3 Å². The molecule has 0 aliphatic rings. The van der Waals surface area contributed by atoms with Gasteiger partial charge in [0, 0.05) is 34.6 Å². The molecule has 0 spiro atoms. The molecule has 162 valence electrons. The normalized spacial score (nSPS) is 11.9. The fourth-order valence-corrected chi connectivity index (χ4v) is 4.19. The first-order valence-electron chi connectivity index (χ1n) is 10.3. The molecule has 2 aromatic rings. The lowest BCUT2D eigenvalue weighted by molar-refractivity contribution is -0.140. The van der Waals surface area contributed by atoms with Crippen LogP contribution in [0.15, 0.2) is 57.9 Å². The van der Waals surface area contributed by atoms with E-state index in [2.05, 4.69) is 66.3 Å². The highest BCUT2D eigenvalue weighted by Gasteiger charge is 2.26. The van der Waals surface area contributed by atoms with E-state index in [1.165, 1.54) is 5.56 Å². The Bertz CT molecular complexity index is 839. The third-order valence-electron chi connectivity index (χ3n) is 4.70. The second-order valence-electron chi connectivity index (χ2n) is 7.88. The van der Waals surface area contributed by atoms with Crippen molar-refractivity contribution in [2.45, 2.75) is 51.6 Å². The summed E-state index contributed by atoms with van der Waals surface area (Å²) in [6.45, 7) is 8.98. The highest BCUT2D eigenvalue weighted by atomic mass is 79.9. The molecule has 1 atom stereocenters. The Hall–Kier alpha value is -1.79. The van der Waals surface area contributed by atoms with Gasteiger partial charge in [-0.1, -0.05) is 59.6 Å². The summed E-state index contributed by atoms with van der Waals surface area (Å²) in [5.74, 6) is 0.915. The van der Waals surface area contributed by atoms with Gasteiger partial charge in [-0.05, 0) is 49.6 Å². The van der Waals surface area contributed by atoms with Crippen LogP contribution in [0.2, 0.25) is 0 Å². The van der Waals surface area contributed by atoms with Gasteiger partial charge in [0.25, 0.3) is 0 Å². The van der Waals surface area contributed by atoms with Crippen LogP contribution in [0.4, 0.5) is 0 Å². The molecule has 0 heterocycles. The number of thioether (sulfide) groups is 1. The van der Waals surface area contributed by atoms with Crippen LogP contribution in [-0.2, 0) is 16.1 Å². The number of aryl methyl sites for hydroxylation is 1. The monoisotopic (exact) mass is 490 g/mol. The van der Waals surface area contributed by atoms with E-state index in [1.54, 1.807) is 23.6 Å². The smallest absolute Gasteiger partial charge is 0.242 e. The van der Waals surface area contributed by atoms with E-state index in [-0.39, 0.29) is 11.8 Å². The van der Waals surface area contributed by atoms with Crippen LogP contribution < -0.4 is 5.32 Å². The van der Waals surface area contributed by atoms with Gasteiger partial charge in [0.1, 0.15) is 6.04 Å². The molecule has 2 aromatic carbocycles. The molecular weight excluding hydrogens is 460 g/mol. The predicted octanol–water partition coefficient (Wildman–Crippen LogP) is 5.43. The van der Waals surface area contributed by atoms with Crippen molar-refractivity contribution < 1.29 is 9.59 Å². The SMILES string of the molecule is Cc1ccc(SCCC(=O)N(Cc2cccc(Br)c2)C(C)C(=O)NCC(C)C)cc1. The maximum Gasteiger partial charge on any atom is 0.242 e. The Morgan fingerprint density at radius 3 is 2.43 bits per heavy atom. The number of carbonyl (C=O) groups excluding carboxylic acids is 2. The third kappa shape index (κ3) is 8.15. The van der Waals surface area contributed by atoms with E-state index in [9.17, 15) is 9.59 Å². The van der Waals surface area contributed by atoms with Crippen LogP contribution in [0.5, 0.6) is 0 Å². The average molecular weight is 491 g/mol. The molecule has 2 amide bonds. The number of benzene rings is 2. The van der Waals surface area contributed by atoms with Gasteiger partial charge in [0.2, 0.25) is 11.8 Å². The number of rotatable bonds is 10. The van der Waals surface area contributed by atoms with Crippen LogP contribution >= 0.6 is 27.7 Å². The molecule has 0 saturated carbocycles. The minimum absolute atomic E-state index is 0.0122. The van der Waals surface area contributed by atoms with Gasteiger partial charge in [0.15, 0.2) is 0 Å². The minimum Gasteiger partial charge on any atom is -0.354 e. The van der Waals surface area contributed by atoms with Crippen molar-refractivity contribution in [2.75, 3.05) is 12.3 Å². The standard InChI is InChI=1S/C24H31BrN2O2S/c1-17(2)15-26-24(29)19(4)27(16-20-6-5-7-21(25)14-20)23(28)12-13-30-22-10-8-18(3)9-11-22/h5-11,14,17,19H,12-13,15-16H2,1-4H3,(H,26,29). The maximum absolute atomic E-state index is 13.1. The molecule has 1 unspecified atom stereocenters. The zero-order chi connectivity index (χ0) is 22.1. The summed E-state index contributed by atoms with van der Waals surface area (Å²) >= 11 is 5.14. The summed E-state index contributed by atoms with van der Waals surface area (Å²) in [7, 11) is 0. The molecule has 4 nitrogen and oxygen atoms in total. The molecule has 1 N–H and O–H groups in total. The second kappa shape index (κ2) is 12.2. The molecule has 0 aliphatic carbocycles. The summed E-state index contributed by atoms with van der Waals surface area (Å²) in [6.07, 6.45) is 0.383. The van der Waals surface area contributed by atoms with Gasteiger partial charge in [-0.25, -0.2) is 0 Å². The Labute approximate surface area is 192 Å². The van der Waals surface area contributed by atoms with Crippen molar-refractivity contribution >= 4 is 39.5 Å². The Morgan fingerprint density at radius 2 is 1.80 bits per heavy atom. The topological polar surface area (TPSA) is 49.4 Å².